The van der Waals surface area contributed by atoms with Crippen molar-refractivity contribution >= 4 is 135 Å². The molecule has 3 aromatic carbocycles. The Kier molecular flexibility index (Phi) is 12.9. The van der Waals surface area contributed by atoms with Crippen molar-refractivity contribution in [2.45, 2.75) is 56.7 Å². The van der Waals surface area contributed by atoms with Gasteiger partial charge in [-0.05, 0) is 72.4 Å². The van der Waals surface area contributed by atoms with Gasteiger partial charge in [-0.15, -0.1) is 99.7 Å². The van der Waals surface area contributed by atoms with E-state index in [4.69, 9.17) is 99.7 Å². The summed E-state index contributed by atoms with van der Waals surface area (Å²) < 4.78 is 0. The van der Waals surface area contributed by atoms with E-state index in [0.717, 1.165) is 53.0 Å². The summed E-state index contributed by atoms with van der Waals surface area (Å²) in [5.41, 5.74) is 5.64. The van der Waals surface area contributed by atoms with Crippen LogP contribution in [0, 0.1) is 0 Å². The number of nitrogens with zero attached hydrogens (tertiary/aromatic N) is 1. The third-order valence-electron chi connectivity index (χ3n) is 7.07. The van der Waals surface area contributed by atoms with Gasteiger partial charge in [-0.2, -0.15) is 0 Å². The molecule has 0 N–H and O–H groups in total. The molecule has 0 bridgehead atoms. The lowest BCUT2D eigenvalue weighted by Crippen LogP contribution is -2.23. The molecule has 0 aliphatic carbocycles. The van der Waals surface area contributed by atoms with E-state index < -0.39 is 18.0 Å². The van der Waals surface area contributed by atoms with E-state index in [9.17, 15) is 0 Å². The number of hydrogen-bond acceptors (Lipinski definition) is 1. The third-order valence-corrected chi connectivity index (χ3v) is 18.8. The lowest BCUT2D eigenvalue weighted by Gasteiger charge is -2.28. The molecule has 13 heteroatoms. The van der Waals surface area contributed by atoms with Gasteiger partial charge in [0.2, 0.25) is 0 Å². The molecule has 40 heavy (non-hydrogen) atoms. The van der Waals surface area contributed by atoms with Crippen LogP contribution in [0.25, 0.3) is 0 Å². The van der Waals surface area contributed by atoms with E-state index in [0.29, 0.717) is 0 Å². The van der Waals surface area contributed by atoms with E-state index >= 15 is 0 Å². The smallest absolute Gasteiger partial charge is 0.311 e. The first-order chi connectivity index (χ1) is 18.6. The van der Waals surface area contributed by atoms with Gasteiger partial charge in [0.1, 0.15) is 0 Å². The average molecular weight is 772 g/mol. The highest BCUT2D eigenvalue weighted by Crippen LogP contribution is 2.44. The zero-order valence-electron chi connectivity index (χ0n) is 22.1. The van der Waals surface area contributed by atoms with Crippen LogP contribution in [0.1, 0.15) is 73.3 Å². The maximum Gasteiger partial charge on any atom is 0.348 e. The van der Waals surface area contributed by atoms with Crippen molar-refractivity contribution < 1.29 is 0 Å². The van der Waals surface area contributed by atoms with Gasteiger partial charge in [0, 0.05) is 33.7 Å². The second-order valence-electron chi connectivity index (χ2n) is 9.62. The van der Waals surface area contributed by atoms with Crippen molar-refractivity contribution in [3.05, 3.63) is 89.5 Å². The zero-order valence-corrected chi connectivity index (χ0v) is 31.9. The molecule has 0 fully saturated rings. The van der Waals surface area contributed by atoms with Gasteiger partial charge in [-0.1, -0.05) is 57.2 Å². The first-order valence-electron chi connectivity index (χ1n) is 12.9. The molecule has 0 saturated carbocycles. The summed E-state index contributed by atoms with van der Waals surface area (Å²) in [5.74, 6) is 0. The van der Waals surface area contributed by atoms with E-state index in [-0.39, 0.29) is 16.6 Å². The Balaban J connectivity index is 2.08. The molecule has 0 aromatic heterocycles. The van der Waals surface area contributed by atoms with E-state index in [1.54, 1.807) is 0 Å². The van der Waals surface area contributed by atoms with Crippen LogP contribution in [-0.4, -0.2) is 18.0 Å². The van der Waals surface area contributed by atoms with Crippen molar-refractivity contribution in [1.29, 1.82) is 0 Å². The van der Waals surface area contributed by atoms with Crippen molar-refractivity contribution in [2.75, 3.05) is 4.90 Å². The van der Waals surface area contributed by atoms with Crippen LogP contribution in [0.2, 0.25) is 0 Å². The first-order valence-corrected chi connectivity index (χ1v) is 28.3. The summed E-state index contributed by atoms with van der Waals surface area (Å²) in [6, 6.07) is 15.8. The Morgan fingerprint density at radius 2 is 0.625 bits per heavy atom. The highest BCUT2D eigenvalue weighted by Gasteiger charge is 2.38. The highest BCUT2D eigenvalue weighted by molar-refractivity contribution is 7.66. The van der Waals surface area contributed by atoms with Gasteiger partial charge < -0.3 is 4.90 Å². The average Bonchev–Trinajstić information content (AvgIpc) is 2.86. The van der Waals surface area contributed by atoms with Crippen LogP contribution < -0.4 is 4.90 Å². The number of rotatable bonds is 12. The minimum absolute atomic E-state index is 0.0901. The van der Waals surface area contributed by atoms with Crippen molar-refractivity contribution in [3.8, 4) is 0 Å². The number of anilines is 3. The quantitative estimate of drug-likeness (QED) is 0.131. The topological polar surface area (TPSA) is 3.24 Å². The van der Waals surface area contributed by atoms with Gasteiger partial charge >= 0.3 is 18.0 Å². The molecular weight excluding hydrogens is 742 g/mol. The molecule has 1 nitrogen and oxygen atoms in total. The Morgan fingerprint density at radius 3 is 0.775 bits per heavy atom. The summed E-state index contributed by atoms with van der Waals surface area (Å²) in [6.45, 7) is 6.11. The number of benzene rings is 3. The third kappa shape index (κ3) is 8.89. The lowest BCUT2D eigenvalue weighted by molar-refractivity contribution is 0.870. The minimum Gasteiger partial charge on any atom is -0.311 e. The van der Waals surface area contributed by atoms with Gasteiger partial charge in [0.15, 0.2) is 0 Å². The molecule has 0 saturated heterocycles. The molecule has 0 radical (unpaired) electrons. The Bertz CT molecular complexity index is 1070. The molecular formula is C27H30Cl9NSi3. The maximum absolute atomic E-state index is 6.41. The Morgan fingerprint density at radius 1 is 0.425 bits per heavy atom. The van der Waals surface area contributed by atoms with E-state index in [2.05, 4.69) is 41.3 Å². The lowest BCUT2D eigenvalue weighted by atomic mass is 10.1. The van der Waals surface area contributed by atoms with Crippen molar-refractivity contribution in [3.63, 3.8) is 0 Å². The fourth-order valence-corrected chi connectivity index (χ4v) is 15.7. The molecule has 3 atom stereocenters. The standard InChI is InChI=1S/C27H30Cl9NSi3/c1-4-25(38(28,29)30)19-7-13-22(14-8-19)37(23-15-9-20(10-16-23)26(5-2)39(31,32)33)24-17-11-21(12-18-24)27(6-3)40(34,35)36/h7-18,25-27H,4-6H2,1-3H3. The molecule has 0 spiro atoms. The van der Waals surface area contributed by atoms with Crippen LogP contribution in [-0.2, 0) is 0 Å². The highest BCUT2D eigenvalue weighted by atomic mass is 35.9. The molecule has 0 aliphatic rings. The predicted molar refractivity (Wildman–Crippen MR) is 190 cm³/mol. The van der Waals surface area contributed by atoms with Crippen molar-refractivity contribution in [2.24, 2.45) is 0 Å². The molecule has 0 amide bonds. The first kappa shape index (κ1) is 35.2. The monoisotopic (exact) mass is 767 g/mol. The van der Waals surface area contributed by atoms with E-state index in [1.807, 2.05) is 57.2 Å². The van der Waals surface area contributed by atoms with E-state index in [1.165, 1.54) is 0 Å². The predicted octanol–water partition coefficient (Wildman–Crippen LogP) is 13.2. The van der Waals surface area contributed by atoms with Gasteiger partial charge in [-0.25, -0.2) is 0 Å². The van der Waals surface area contributed by atoms with Gasteiger partial charge in [0.25, 0.3) is 0 Å². The fourth-order valence-electron chi connectivity index (χ4n) is 4.98. The SMILES string of the molecule is CCC(c1ccc(N(c2ccc(C(CC)[Si](Cl)(Cl)Cl)cc2)c2ccc(C(CC)[Si](Cl)(Cl)Cl)cc2)cc1)[Si](Cl)(Cl)Cl. The summed E-state index contributed by atoms with van der Waals surface area (Å²) in [4.78, 5) is 2.16. The van der Waals surface area contributed by atoms with Crippen LogP contribution in [0.5, 0.6) is 0 Å². The molecule has 3 aromatic rings. The van der Waals surface area contributed by atoms with Gasteiger partial charge in [-0.3, -0.25) is 0 Å². The van der Waals surface area contributed by atoms with Crippen LogP contribution in [0.3, 0.4) is 0 Å². The molecule has 218 valence electrons. The largest absolute Gasteiger partial charge is 0.348 e. The van der Waals surface area contributed by atoms with Crippen LogP contribution in [0.4, 0.5) is 17.1 Å². The summed E-state index contributed by atoms with van der Waals surface area (Å²) in [6.07, 6.45) is 2.26. The molecule has 0 heterocycles. The zero-order chi connectivity index (χ0) is 29.9. The summed E-state index contributed by atoms with van der Waals surface area (Å²) >= 11 is 57.6. The van der Waals surface area contributed by atoms with Crippen LogP contribution in [0.15, 0.2) is 72.8 Å². The Hall–Kier alpha value is 0.721. The van der Waals surface area contributed by atoms with Crippen LogP contribution >= 0.6 is 99.7 Å². The molecule has 0 aliphatic heterocycles. The number of hydrogen-bond donors (Lipinski definition) is 0. The molecule has 3 rings (SSSR count). The normalized spacial score (nSPS) is 15.0. The second kappa shape index (κ2) is 14.7. The second-order valence-corrected chi connectivity index (χ2v) is 36.3. The Labute approximate surface area is 283 Å². The molecule has 3 unspecified atom stereocenters. The fraction of sp³-hybridized carbons (Fsp3) is 0.333. The summed E-state index contributed by atoms with van der Waals surface area (Å²) in [5, 5.41) is 0. The van der Waals surface area contributed by atoms with Gasteiger partial charge in [0.05, 0.1) is 0 Å². The van der Waals surface area contributed by atoms with Crippen molar-refractivity contribution in [1.82, 2.24) is 0 Å². The number of halogens is 9. The minimum atomic E-state index is -2.93. The maximum atomic E-state index is 6.41. The summed E-state index contributed by atoms with van der Waals surface area (Å²) in [7, 11) is 0.